The number of carbonyl (C=O) groups excluding carboxylic acids is 1. The Morgan fingerprint density at radius 1 is 1.06 bits per heavy atom. The molecule has 1 fully saturated rings. The van der Waals surface area contributed by atoms with Gasteiger partial charge in [-0.2, -0.15) is 0 Å². The molecule has 1 aromatic heterocycles. The van der Waals surface area contributed by atoms with Crippen molar-refractivity contribution in [3.05, 3.63) is 71.3 Å². The fraction of sp³-hybridized carbons (Fsp3) is 0.346. The maximum Gasteiger partial charge on any atom is 0.335 e. The molecule has 0 radical (unpaired) electrons. The summed E-state index contributed by atoms with van der Waals surface area (Å²) in [5, 5.41) is 12.0. The van der Waals surface area contributed by atoms with Gasteiger partial charge in [0.2, 0.25) is 0 Å². The Balaban J connectivity index is 1.60. The molecule has 1 amide bonds. The number of nitrogens with one attached hydrogen (secondary N) is 2. The molecule has 0 bridgehead atoms. The van der Waals surface area contributed by atoms with Crippen LogP contribution in [-0.2, 0) is 6.42 Å². The molecule has 6 nitrogen and oxygen atoms in total. The number of nitrogens with zero attached hydrogens (tertiary/aromatic N) is 1. The maximum absolute atomic E-state index is 14.4. The molecule has 172 valence electrons. The molecule has 3 aromatic rings. The summed E-state index contributed by atoms with van der Waals surface area (Å²) in [5.41, 5.74) is 1.63. The minimum atomic E-state index is -1.07. The van der Waals surface area contributed by atoms with Gasteiger partial charge in [-0.3, -0.25) is 4.79 Å². The lowest BCUT2D eigenvalue weighted by atomic mass is 9.94. The van der Waals surface area contributed by atoms with Gasteiger partial charge >= 0.3 is 5.97 Å². The average Bonchev–Trinajstić information content (AvgIpc) is 3.05. The summed E-state index contributed by atoms with van der Waals surface area (Å²) >= 11 is 0. The number of aromatic amines is 1. The van der Waals surface area contributed by atoms with Gasteiger partial charge in [0.25, 0.3) is 5.91 Å². The largest absolute Gasteiger partial charge is 0.478 e. The van der Waals surface area contributed by atoms with E-state index in [1.807, 2.05) is 0 Å². The van der Waals surface area contributed by atoms with Crippen LogP contribution in [0.4, 0.5) is 10.1 Å². The first-order valence-corrected chi connectivity index (χ1v) is 11.5. The molecule has 0 aliphatic heterocycles. The summed E-state index contributed by atoms with van der Waals surface area (Å²) in [6, 6.07) is 12.4. The Bertz CT molecular complexity index is 1130. The van der Waals surface area contributed by atoms with Gasteiger partial charge in [-0.1, -0.05) is 56.7 Å². The molecule has 0 unspecified atom stereocenters. The first-order chi connectivity index (χ1) is 16.0. The minimum absolute atomic E-state index is 0.0791. The monoisotopic (exact) mass is 449 g/mol. The van der Waals surface area contributed by atoms with Crippen molar-refractivity contribution in [1.82, 2.24) is 9.97 Å². The zero-order valence-electron chi connectivity index (χ0n) is 18.4. The number of hydrogen-bond acceptors (Lipinski definition) is 3. The number of benzene rings is 2. The number of aromatic carboxylic acids is 1. The highest BCUT2D eigenvalue weighted by molar-refractivity contribution is 6.04. The van der Waals surface area contributed by atoms with Crippen molar-refractivity contribution in [2.24, 2.45) is 5.92 Å². The first-order valence-electron chi connectivity index (χ1n) is 11.5. The van der Waals surface area contributed by atoms with E-state index in [1.54, 1.807) is 30.3 Å². The predicted octanol–water partition coefficient (Wildman–Crippen LogP) is 6.07. The molecular weight excluding hydrogens is 421 g/mol. The van der Waals surface area contributed by atoms with Gasteiger partial charge in [0.1, 0.15) is 17.3 Å². The van der Waals surface area contributed by atoms with Crippen molar-refractivity contribution in [3.63, 3.8) is 0 Å². The second kappa shape index (κ2) is 10.4. The summed E-state index contributed by atoms with van der Waals surface area (Å²) in [5.74, 6) is -1.02. The molecule has 0 atom stereocenters. The molecular formula is C26H28FN3O3. The molecule has 4 rings (SSSR count). The lowest BCUT2D eigenvalue weighted by Gasteiger charge is -2.13. The number of amides is 1. The third-order valence-electron chi connectivity index (χ3n) is 6.27. The Kier molecular flexibility index (Phi) is 7.17. The van der Waals surface area contributed by atoms with Gasteiger partial charge in [0.05, 0.1) is 11.1 Å². The van der Waals surface area contributed by atoms with Crippen LogP contribution >= 0.6 is 0 Å². The molecule has 1 saturated carbocycles. The van der Waals surface area contributed by atoms with E-state index in [-0.39, 0.29) is 11.3 Å². The third-order valence-corrected chi connectivity index (χ3v) is 6.27. The van der Waals surface area contributed by atoms with Gasteiger partial charge in [-0.25, -0.2) is 14.2 Å². The van der Waals surface area contributed by atoms with Crippen molar-refractivity contribution < 1.29 is 19.1 Å². The number of carbonyl (C=O) groups is 2. The van der Waals surface area contributed by atoms with E-state index >= 15 is 0 Å². The Hall–Kier alpha value is -3.48. The number of halogens is 1. The number of carboxylic acids is 1. The van der Waals surface area contributed by atoms with E-state index in [9.17, 15) is 19.1 Å². The number of aryl methyl sites for hydroxylation is 1. The minimum Gasteiger partial charge on any atom is -0.478 e. The van der Waals surface area contributed by atoms with Crippen LogP contribution in [0.15, 0.2) is 48.5 Å². The number of imidazole rings is 1. The van der Waals surface area contributed by atoms with E-state index < -0.39 is 17.7 Å². The van der Waals surface area contributed by atoms with E-state index in [0.717, 1.165) is 6.42 Å². The summed E-state index contributed by atoms with van der Waals surface area (Å²) in [7, 11) is 0. The molecule has 2 aromatic carbocycles. The highest BCUT2D eigenvalue weighted by Crippen LogP contribution is 2.28. The van der Waals surface area contributed by atoms with Crippen molar-refractivity contribution in [3.8, 4) is 11.4 Å². The summed E-state index contributed by atoms with van der Waals surface area (Å²) < 4.78 is 14.4. The number of hydrogen-bond donors (Lipinski definition) is 3. The van der Waals surface area contributed by atoms with Crippen LogP contribution in [0, 0.1) is 11.7 Å². The molecule has 1 heterocycles. The highest BCUT2D eigenvalue weighted by atomic mass is 19.1. The molecule has 3 N–H and O–H groups in total. The number of H-pyrrole nitrogens is 1. The van der Waals surface area contributed by atoms with Gasteiger partial charge in [-0.15, -0.1) is 0 Å². The fourth-order valence-corrected chi connectivity index (χ4v) is 4.48. The number of carboxylic acid groups (broad SMARTS) is 1. The second-order valence-electron chi connectivity index (χ2n) is 8.63. The van der Waals surface area contributed by atoms with Gasteiger partial charge in [0.15, 0.2) is 0 Å². The molecule has 33 heavy (non-hydrogen) atoms. The van der Waals surface area contributed by atoms with Gasteiger partial charge in [-0.05, 0) is 49.1 Å². The van der Waals surface area contributed by atoms with Crippen LogP contribution in [0.2, 0.25) is 0 Å². The van der Waals surface area contributed by atoms with Crippen molar-refractivity contribution in [1.29, 1.82) is 0 Å². The Morgan fingerprint density at radius 2 is 1.82 bits per heavy atom. The third kappa shape index (κ3) is 5.66. The van der Waals surface area contributed by atoms with Gasteiger partial charge in [0, 0.05) is 11.4 Å². The lowest BCUT2D eigenvalue weighted by Crippen LogP contribution is -2.15. The zero-order chi connectivity index (χ0) is 23.2. The molecule has 1 aliphatic carbocycles. The number of anilines is 1. The Labute approximate surface area is 192 Å². The van der Waals surface area contributed by atoms with Crippen LogP contribution in [0.5, 0.6) is 0 Å². The van der Waals surface area contributed by atoms with Crippen LogP contribution in [-0.4, -0.2) is 27.0 Å². The van der Waals surface area contributed by atoms with Crippen molar-refractivity contribution >= 4 is 17.6 Å². The second-order valence-corrected chi connectivity index (χ2v) is 8.63. The first kappa shape index (κ1) is 22.7. The number of rotatable bonds is 7. The normalized spacial score (nSPS) is 14.6. The standard InChI is InChI=1S/C26H28FN3O3/c27-21-13-6-5-12-20(21)24-29-22(15-14-17-8-3-1-2-4-9-17)23(30-24)25(31)28-19-11-7-10-18(16-19)26(32)33/h5-7,10-13,16-17H,1-4,8-9,14-15H2,(H,28,31)(H,29,30)(H,32,33). The van der Waals surface area contributed by atoms with Crippen LogP contribution in [0.1, 0.15) is 71.5 Å². The van der Waals surface area contributed by atoms with E-state index in [4.69, 9.17) is 0 Å². The van der Waals surface area contributed by atoms with Gasteiger partial charge < -0.3 is 15.4 Å². The van der Waals surface area contributed by atoms with Crippen molar-refractivity contribution in [2.45, 2.75) is 51.4 Å². The Morgan fingerprint density at radius 3 is 2.55 bits per heavy atom. The van der Waals surface area contributed by atoms with Crippen LogP contribution in [0.3, 0.4) is 0 Å². The SMILES string of the molecule is O=C(O)c1cccc(NC(=O)c2nc(-c3ccccc3F)[nH]c2CCC2CCCCCC2)c1. The molecule has 1 aliphatic rings. The van der Waals surface area contributed by atoms with Crippen molar-refractivity contribution in [2.75, 3.05) is 5.32 Å². The molecule has 0 saturated heterocycles. The summed E-state index contributed by atoms with van der Waals surface area (Å²) in [6.07, 6.45) is 9.00. The quantitative estimate of drug-likeness (QED) is 0.382. The fourth-order valence-electron chi connectivity index (χ4n) is 4.48. The number of aromatic nitrogens is 2. The van der Waals surface area contributed by atoms with E-state index in [0.29, 0.717) is 35.1 Å². The lowest BCUT2D eigenvalue weighted by molar-refractivity contribution is 0.0696. The molecule has 0 spiro atoms. The smallest absolute Gasteiger partial charge is 0.335 e. The summed E-state index contributed by atoms with van der Waals surface area (Å²) in [4.78, 5) is 32.0. The zero-order valence-corrected chi connectivity index (χ0v) is 18.4. The van der Waals surface area contributed by atoms with E-state index in [1.165, 1.54) is 56.7 Å². The van der Waals surface area contributed by atoms with Crippen LogP contribution < -0.4 is 5.32 Å². The predicted molar refractivity (Wildman–Crippen MR) is 125 cm³/mol. The maximum atomic E-state index is 14.4. The van der Waals surface area contributed by atoms with Crippen LogP contribution in [0.25, 0.3) is 11.4 Å². The topological polar surface area (TPSA) is 95.1 Å². The summed E-state index contributed by atoms with van der Waals surface area (Å²) in [6.45, 7) is 0. The average molecular weight is 450 g/mol. The highest BCUT2D eigenvalue weighted by Gasteiger charge is 2.22. The molecule has 7 heteroatoms. The van der Waals surface area contributed by atoms with E-state index in [2.05, 4.69) is 15.3 Å².